The average Bonchev–Trinajstić information content (AvgIpc) is 2.25. The van der Waals surface area contributed by atoms with Crippen LogP contribution < -0.4 is 4.74 Å². The van der Waals surface area contributed by atoms with Crippen LogP contribution in [0.3, 0.4) is 0 Å². The van der Waals surface area contributed by atoms with Crippen LogP contribution in [0.4, 0.5) is 26.3 Å². The van der Waals surface area contributed by atoms with Crippen molar-refractivity contribution in [1.29, 1.82) is 0 Å². The summed E-state index contributed by atoms with van der Waals surface area (Å²) in [6.07, 6.45) is -14.7. The summed E-state index contributed by atoms with van der Waals surface area (Å²) in [7, 11) is -4.59. The van der Waals surface area contributed by atoms with E-state index in [1.54, 1.807) is 0 Å². The minimum atomic E-state index is -5.64. The van der Waals surface area contributed by atoms with E-state index in [1.807, 2.05) is 0 Å². The summed E-state index contributed by atoms with van der Waals surface area (Å²) in [6.45, 7) is 0. The van der Waals surface area contributed by atoms with E-state index in [2.05, 4.69) is 9.47 Å². The van der Waals surface area contributed by atoms with Crippen molar-refractivity contribution in [3.8, 4) is 5.75 Å². The van der Waals surface area contributed by atoms with Crippen molar-refractivity contribution in [2.24, 2.45) is 0 Å². The third-order valence-corrected chi connectivity index (χ3v) is 2.74. The molecule has 1 aromatic carbocycles. The van der Waals surface area contributed by atoms with E-state index < -0.39 is 39.6 Å². The van der Waals surface area contributed by atoms with Gasteiger partial charge in [-0.2, -0.15) is 17.2 Å². The first-order valence-corrected chi connectivity index (χ1v) is 6.28. The van der Waals surface area contributed by atoms with Crippen LogP contribution in [0.15, 0.2) is 29.2 Å². The summed E-state index contributed by atoms with van der Waals surface area (Å²) in [5.41, 5.74) is 0. The molecule has 0 amide bonds. The van der Waals surface area contributed by atoms with Gasteiger partial charge in [0.1, 0.15) is 5.75 Å². The zero-order valence-corrected chi connectivity index (χ0v) is 10.5. The van der Waals surface area contributed by atoms with Gasteiger partial charge in [-0.05, 0) is 24.3 Å². The number of hydrogen-bond acceptors (Lipinski definition) is 4. The summed E-state index contributed by atoms with van der Waals surface area (Å²) in [4.78, 5) is -0.679. The molecule has 1 aromatic rings. The van der Waals surface area contributed by atoms with E-state index in [1.165, 1.54) is 0 Å². The highest BCUT2D eigenvalue weighted by Crippen LogP contribution is 2.31. The zero-order valence-electron chi connectivity index (χ0n) is 9.64. The fraction of sp³-hybridized carbons (Fsp3) is 0.333. The van der Waals surface area contributed by atoms with Crippen molar-refractivity contribution in [1.82, 2.24) is 0 Å². The van der Waals surface area contributed by atoms with Crippen molar-refractivity contribution in [3.63, 3.8) is 0 Å². The molecule has 0 spiro atoms. The van der Waals surface area contributed by atoms with E-state index in [0.29, 0.717) is 24.3 Å². The molecule has 0 saturated carbocycles. The molecule has 0 fully saturated rings. The molecular weight excluding hydrogens is 334 g/mol. The highest BCUT2D eigenvalue weighted by atomic mass is 32.2. The molecular formula is C9H6F6O5S. The minimum Gasteiger partial charge on any atom is -0.429 e. The Hall–Kier alpha value is -1.53. The van der Waals surface area contributed by atoms with Gasteiger partial charge in [0.25, 0.3) is 10.1 Å². The molecule has 0 aliphatic rings. The molecule has 5 nitrogen and oxygen atoms in total. The Bertz CT molecular complexity index is 582. The standard InChI is InChI=1S/C9H6F6O5S/c10-7(20-9(13,14)15)8(11,12)19-5-1-3-6(4-2-5)21(16,17)18/h1-4,7H,(H,16,17,18). The highest BCUT2D eigenvalue weighted by molar-refractivity contribution is 7.85. The third kappa shape index (κ3) is 5.40. The molecule has 1 unspecified atom stereocenters. The van der Waals surface area contributed by atoms with Crippen molar-refractivity contribution < 1.29 is 48.8 Å². The molecule has 0 bridgehead atoms. The minimum absolute atomic E-state index is 0.581. The van der Waals surface area contributed by atoms with Crippen LogP contribution in [-0.2, 0) is 14.9 Å². The Morgan fingerprint density at radius 1 is 1.05 bits per heavy atom. The second-order valence-electron chi connectivity index (χ2n) is 3.49. The molecule has 12 heteroatoms. The first-order chi connectivity index (χ1) is 9.31. The molecule has 0 radical (unpaired) electrons. The predicted molar refractivity (Wildman–Crippen MR) is 53.9 cm³/mol. The van der Waals surface area contributed by atoms with Gasteiger partial charge in [-0.25, -0.2) is 9.13 Å². The molecule has 1 rings (SSSR count). The van der Waals surface area contributed by atoms with Gasteiger partial charge in [-0.15, -0.1) is 13.2 Å². The van der Waals surface area contributed by atoms with Crippen molar-refractivity contribution in [3.05, 3.63) is 24.3 Å². The summed E-state index contributed by atoms with van der Waals surface area (Å²) in [5.74, 6) is -0.846. The number of halogens is 6. The van der Waals surface area contributed by atoms with E-state index in [4.69, 9.17) is 4.55 Å². The van der Waals surface area contributed by atoms with E-state index in [0.717, 1.165) is 0 Å². The van der Waals surface area contributed by atoms with Crippen LogP contribution in [0.1, 0.15) is 0 Å². The first-order valence-electron chi connectivity index (χ1n) is 4.84. The van der Waals surface area contributed by atoms with Gasteiger partial charge in [0.05, 0.1) is 4.90 Å². The maximum absolute atomic E-state index is 13.0. The van der Waals surface area contributed by atoms with Crippen LogP contribution >= 0.6 is 0 Å². The summed E-state index contributed by atoms with van der Waals surface area (Å²) in [6, 6.07) is 2.41. The van der Waals surface area contributed by atoms with Gasteiger partial charge in [0.15, 0.2) is 0 Å². The number of ether oxygens (including phenoxy) is 2. The van der Waals surface area contributed by atoms with E-state index in [9.17, 15) is 34.8 Å². The Labute approximate surface area is 113 Å². The predicted octanol–water partition coefficient (Wildman–Crippen LogP) is 2.74. The second kappa shape index (κ2) is 5.69. The van der Waals surface area contributed by atoms with Crippen molar-refractivity contribution >= 4 is 10.1 Å². The maximum Gasteiger partial charge on any atom is 0.525 e. The molecule has 0 aliphatic carbocycles. The number of alkyl halides is 6. The summed E-state index contributed by atoms with van der Waals surface area (Å²) in [5, 5.41) is 0. The summed E-state index contributed by atoms with van der Waals surface area (Å²) >= 11 is 0. The van der Waals surface area contributed by atoms with Gasteiger partial charge in [0.2, 0.25) is 0 Å². The smallest absolute Gasteiger partial charge is 0.429 e. The van der Waals surface area contributed by atoms with E-state index in [-0.39, 0.29) is 0 Å². The lowest BCUT2D eigenvalue weighted by atomic mass is 10.3. The Kier molecular flexibility index (Phi) is 4.75. The fourth-order valence-electron chi connectivity index (χ4n) is 1.07. The molecule has 0 aliphatic heterocycles. The van der Waals surface area contributed by atoms with Crippen LogP contribution in [0.25, 0.3) is 0 Å². The topological polar surface area (TPSA) is 72.8 Å². The second-order valence-corrected chi connectivity index (χ2v) is 4.91. The van der Waals surface area contributed by atoms with Gasteiger partial charge < -0.3 is 4.74 Å². The van der Waals surface area contributed by atoms with Crippen LogP contribution in [0.5, 0.6) is 5.75 Å². The van der Waals surface area contributed by atoms with Gasteiger partial charge >= 0.3 is 18.8 Å². The Morgan fingerprint density at radius 3 is 1.90 bits per heavy atom. The van der Waals surface area contributed by atoms with Crippen LogP contribution in [0, 0.1) is 0 Å². The van der Waals surface area contributed by atoms with Crippen molar-refractivity contribution in [2.45, 2.75) is 23.7 Å². The first kappa shape index (κ1) is 17.5. The lowest BCUT2D eigenvalue weighted by molar-refractivity contribution is -0.411. The number of benzene rings is 1. The quantitative estimate of drug-likeness (QED) is 0.659. The van der Waals surface area contributed by atoms with E-state index >= 15 is 0 Å². The number of hydrogen-bond donors (Lipinski definition) is 1. The molecule has 21 heavy (non-hydrogen) atoms. The van der Waals surface area contributed by atoms with Gasteiger partial charge in [-0.1, -0.05) is 0 Å². The van der Waals surface area contributed by atoms with Gasteiger partial charge in [-0.3, -0.25) is 4.55 Å². The normalized spacial score (nSPS) is 14.8. The van der Waals surface area contributed by atoms with Gasteiger partial charge in [0, 0.05) is 0 Å². The summed E-state index contributed by atoms with van der Waals surface area (Å²) < 4.78 is 110. The average molecular weight is 340 g/mol. The monoisotopic (exact) mass is 340 g/mol. The molecule has 1 N–H and O–H groups in total. The van der Waals surface area contributed by atoms with Crippen LogP contribution in [0.2, 0.25) is 0 Å². The number of rotatable bonds is 5. The van der Waals surface area contributed by atoms with Crippen molar-refractivity contribution in [2.75, 3.05) is 0 Å². The highest BCUT2D eigenvalue weighted by Gasteiger charge is 2.50. The Balaban J connectivity index is 2.84. The fourth-order valence-corrected chi connectivity index (χ4v) is 1.55. The SMILES string of the molecule is O=S(=O)(O)c1ccc(OC(F)(F)C(F)OC(F)(F)F)cc1. The van der Waals surface area contributed by atoms with Crippen LogP contribution in [-0.4, -0.2) is 31.8 Å². The maximum atomic E-state index is 13.0. The lowest BCUT2D eigenvalue weighted by Gasteiger charge is -2.22. The Morgan fingerprint density at radius 2 is 1.52 bits per heavy atom. The molecule has 120 valence electrons. The molecule has 0 saturated heterocycles. The zero-order chi connectivity index (χ0) is 16.5. The molecule has 0 heterocycles. The molecule has 1 atom stereocenters. The largest absolute Gasteiger partial charge is 0.525 e. The molecule has 0 aromatic heterocycles. The third-order valence-electron chi connectivity index (χ3n) is 1.88. The lowest BCUT2D eigenvalue weighted by Crippen LogP contribution is -2.41.